The number of hydrogen-bond acceptors (Lipinski definition) is 4. The molecule has 2 aromatic carbocycles. The van der Waals surface area contributed by atoms with Crippen LogP contribution in [0.4, 0.5) is 0 Å². The molecule has 0 fully saturated rings. The Kier molecular flexibility index (Phi) is 3.78. The van der Waals surface area contributed by atoms with E-state index in [1.165, 1.54) is 0 Å². The minimum atomic E-state index is -4.26. The van der Waals surface area contributed by atoms with E-state index >= 15 is 0 Å². The van der Waals surface area contributed by atoms with Gasteiger partial charge in [-0.2, -0.15) is 8.42 Å². The molecule has 4 aromatic rings. The van der Waals surface area contributed by atoms with Gasteiger partial charge in [0.2, 0.25) is 0 Å². The Morgan fingerprint density at radius 1 is 0.840 bits per heavy atom. The molecule has 2 heterocycles. The van der Waals surface area contributed by atoms with Crippen molar-refractivity contribution in [2.75, 3.05) is 0 Å². The van der Waals surface area contributed by atoms with Crippen LogP contribution in [0.3, 0.4) is 0 Å². The Hall–Kier alpha value is -2.71. The van der Waals surface area contributed by atoms with E-state index in [0.717, 1.165) is 22.1 Å². The van der Waals surface area contributed by atoms with E-state index in [0.29, 0.717) is 11.6 Å². The van der Waals surface area contributed by atoms with Crippen molar-refractivity contribution in [3.05, 3.63) is 60.2 Å². The Morgan fingerprint density at radius 3 is 1.68 bits per heavy atom. The highest BCUT2D eigenvalue weighted by Gasteiger charge is 2.26. The lowest BCUT2D eigenvalue weighted by molar-refractivity contribution is 0.462. The molecule has 0 aliphatic carbocycles. The van der Waals surface area contributed by atoms with Crippen LogP contribution in [0.1, 0.15) is 11.6 Å². The second kappa shape index (κ2) is 5.98. The van der Waals surface area contributed by atoms with Crippen LogP contribution < -0.4 is 0 Å². The first kappa shape index (κ1) is 15.8. The van der Waals surface area contributed by atoms with Crippen molar-refractivity contribution >= 4 is 32.2 Å². The van der Waals surface area contributed by atoms with Crippen molar-refractivity contribution in [1.82, 2.24) is 19.9 Å². The maximum absolute atomic E-state index is 11.8. The molecule has 128 valence electrons. The normalized spacial score (nSPS) is 12.4. The van der Waals surface area contributed by atoms with E-state index in [2.05, 4.69) is 19.9 Å². The summed E-state index contributed by atoms with van der Waals surface area (Å²) in [6.45, 7) is 0. The molecule has 0 aliphatic heterocycles. The average Bonchev–Trinajstić information content (AvgIpc) is 3.15. The van der Waals surface area contributed by atoms with Gasteiger partial charge in [0.05, 0.1) is 22.1 Å². The Bertz CT molecular complexity index is 1000. The standard InChI is InChI=1S/C17H16N4O3S/c22-25(23,24)11(9-16-18-12-5-1-2-6-13(12)19-16)10-17-20-14-7-3-4-8-15(14)21-17/h1-8,11H,9-10H2,(H,18,19)(H,20,21)(H,22,23,24). The lowest BCUT2D eigenvalue weighted by Crippen LogP contribution is -2.26. The van der Waals surface area contributed by atoms with Gasteiger partial charge in [-0.1, -0.05) is 24.3 Å². The Morgan fingerprint density at radius 2 is 1.28 bits per heavy atom. The molecule has 0 aliphatic rings. The van der Waals surface area contributed by atoms with Gasteiger partial charge in [0.15, 0.2) is 0 Å². The number of nitrogens with zero attached hydrogens (tertiary/aromatic N) is 2. The van der Waals surface area contributed by atoms with Crippen molar-refractivity contribution < 1.29 is 13.0 Å². The van der Waals surface area contributed by atoms with E-state index in [4.69, 9.17) is 0 Å². The molecule has 2 aromatic heterocycles. The number of nitrogens with one attached hydrogen (secondary N) is 2. The number of aromatic amines is 2. The summed E-state index contributed by atoms with van der Waals surface area (Å²) in [6, 6.07) is 14.9. The molecule has 0 radical (unpaired) electrons. The molecule has 0 bridgehead atoms. The van der Waals surface area contributed by atoms with Gasteiger partial charge in [0, 0.05) is 12.8 Å². The van der Waals surface area contributed by atoms with E-state index < -0.39 is 15.4 Å². The number of H-pyrrole nitrogens is 2. The molecule has 0 saturated carbocycles. The highest BCUT2D eigenvalue weighted by atomic mass is 32.2. The zero-order valence-electron chi connectivity index (χ0n) is 13.2. The summed E-state index contributed by atoms with van der Waals surface area (Å²) in [4.78, 5) is 15.0. The average molecular weight is 356 g/mol. The summed E-state index contributed by atoms with van der Waals surface area (Å²) in [6.07, 6.45) is 0.148. The third-order valence-electron chi connectivity index (χ3n) is 4.14. The smallest absolute Gasteiger partial charge is 0.268 e. The van der Waals surface area contributed by atoms with Crippen molar-refractivity contribution in [2.24, 2.45) is 0 Å². The Labute approximate surface area is 143 Å². The lowest BCUT2D eigenvalue weighted by atomic mass is 10.2. The quantitative estimate of drug-likeness (QED) is 0.476. The number of fused-ring (bicyclic) bond motifs is 2. The van der Waals surface area contributed by atoms with Gasteiger partial charge >= 0.3 is 0 Å². The fourth-order valence-corrected chi connectivity index (χ4v) is 3.66. The third-order valence-corrected chi connectivity index (χ3v) is 5.32. The largest absolute Gasteiger partial charge is 0.342 e. The molecule has 4 rings (SSSR count). The minimum Gasteiger partial charge on any atom is -0.342 e. The van der Waals surface area contributed by atoms with Gasteiger partial charge in [0.25, 0.3) is 10.1 Å². The summed E-state index contributed by atoms with van der Waals surface area (Å²) in [5.41, 5.74) is 3.18. The van der Waals surface area contributed by atoms with E-state index in [1.54, 1.807) is 0 Å². The molecular formula is C17H16N4O3S. The summed E-state index contributed by atoms with van der Waals surface area (Å²) in [5, 5.41) is -1.03. The van der Waals surface area contributed by atoms with Crippen LogP contribution in [-0.2, 0) is 23.0 Å². The molecule has 0 amide bonds. The fraction of sp³-hybridized carbons (Fsp3) is 0.176. The van der Waals surface area contributed by atoms with Crippen LogP contribution in [0.15, 0.2) is 48.5 Å². The number of imidazole rings is 2. The van der Waals surface area contributed by atoms with E-state index in [1.807, 2.05) is 48.5 Å². The summed E-state index contributed by atoms with van der Waals surface area (Å²) in [5.74, 6) is 1.03. The number of benzene rings is 2. The van der Waals surface area contributed by atoms with Crippen LogP contribution >= 0.6 is 0 Å². The number of aromatic nitrogens is 4. The molecule has 0 unspecified atom stereocenters. The van der Waals surface area contributed by atoms with Gasteiger partial charge < -0.3 is 9.97 Å². The van der Waals surface area contributed by atoms with Crippen LogP contribution in [-0.4, -0.2) is 38.2 Å². The van der Waals surface area contributed by atoms with Crippen molar-refractivity contribution in [2.45, 2.75) is 18.1 Å². The zero-order valence-corrected chi connectivity index (χ0v) is 14.0. The van der Waals surface area contributed by atoms with Gasteiger partial charge in [-0.05, 0) is 24.3 Å². The summed E-state index contributed by atoms with van der Waals surface area (Å²) < 4.78 is 33.3. The third kappa shape index (κ3) is 3.26. The molecule has 0 spiro atoms. The number of rotatable bonds is 5. The van der Waals surface area contributed by atoms with E-state index in [-0.39, 0.29) is 12.8 Å². The molecule has 25 heavy (non-hydrogen) atoms. The van der Waals surface area contributed by atoms with Crippen molar-refractivity contribution in [3.8, 4) is 0 Å². The minimum absolute atomic E-state index is 0.0740. The highest BCUT2D eigenvalue weighted by Crippen LogP contribution is 2.18. The van der Waals surface area contributed by atoms with Crippen molar-refractivity contribution in [1.29, 1.82) is 0 Å². The molecule has 8 heteroatoms. The van der Waals surface area contributed by atoms with Crippen LogP contribution in [0.5, 0.6) is 0 Å². The van der Waals surface area contributed by atoms with Gasteiger partial charge in [-0.15, -0.1) is 0 Å². The summed E-state index contributed by atoms with van der Waals surface area (Å²) >= 11 is 0. The van der Waals surface area contributed by atoms with Gasteiger partial charge in [0.1, 0.15) is 16.9 Å². The maximum Gasteiger partial charge on any atom is 0.268 e. The molecule has 0 saturated heterocycles. The van der Waals surface area contributed by atoms with Crippen LogP contribution in [0.25, 0.3) is 22.1 Å². The maximum atomic E-state index is 11.8. The van der Waals surface area contributed by atoms with Gasteiger partial charge in [-0.3, -0.25) is 4.55 Å². The fourth-order valence-electron chi connectivity index (χ4n) is 2.92. The predicted molar refractivity (Wildman–Crippen MR) is 94.9 cm³/mol. The number of para-hydroxylation sites is 4. The first-order valence-electron chi connectivity index (χ1n) is 7.82. The highest BCUT2D eigenvalue weighted by molar-refractivity contribution is 7.86. The molecule has 0 atom stereocenters. The van der Waals surface area contributed by atoms with E-state index in [9.17, 15) is 13.0 Å². The summed E-state index contributed by atoms with van der Waals surface area (Å²) in [7, 11) is -4.26. The van der Waals surface area contributed by atoms with Gasteiger partial charge in [-0.25, -0.2) is 9.97 Å². The first-order chi connectivity index (χ1) is 12.0. The molecular weight excluding hydrogens is 340 g/mol. The predicted octanol–water partition coefficient (Wildman–Crippen LogP) is 2.48. The SMILES string of the molecule is O=S(=O)(O)C(Cc1nc2ccccc2[nH]1)Cc1nc2ccccc2[nH]1. The first-order valence-corrected chi connectivity index (χ1v) is 9.33. The Balaban J connectivity index is 1.63. The topological polar surface area (TPSA) is 112 Å². The van der Waals surface area contributed by atoms with Crippen LogP contribution in [0.2, 0.25) is 0 Å². The monoisotopic (exact) mass is 356 g/mol. The van der Waals surface area contributed by atoms with Crippen LogP contribution in [0, 0.1) is 0 Å². The van der Waals surface area contributed by atoms with Crippen molar-refractivity contribution in [3.63, 3.8) is 0 Å². The lowest BCUT2D eigenvalue weighted by Gasteiger charge is -2.10. The second-order valence-electron chi connectivity index (χ2n) is 5.95. The number of hydrogen-bond donors (Lipinski definition) is 3. The second-order valence-corrected chi connectivity index (χ2v) is 7.64. The zero-order chi connectivity index (χ0) is 17.4. The molecule has 7 nitrogen and oxygen atoms in total. The molecule has 3 N–H and O–H groups in total.